The molecule has 1 heterocycles. The summed E-state index contributed by atoms with van der Waals surface area (Å²) in [4.78, 5) is 29.0. The Morgan fingerprint density at radius 2 is 1.59 bits per heavy atom. The number of carbonyl (C=O) groups is 2. The van der Waals surface area contributed by atoms with Crippen LogP contribution in [-0.4, -0.2) is 100 Å². The minimum Gasteiger partial charge on any atom is -0.497 e. The van der Waals surface area contributed by atoms with E-state index in [4.69, 9.17) is 18.9 Å². The summed E-state index contributed by atoms with van der Waals surface area (Å²) >= 11 is 0. The van der Waals surface area contributed by atoms with Gasteiger partial charge in [-0.05, 0) is 99.8 Å². The van der Waals surface area contributed by atoms with Crippen LogP contribution in [0.2, 0.25) is 0 Å². The lowest BCUT2D eigenvalue weighted by atomic mass is 10.0. The van der Waals surface area contributed by atoms with E-state index in [1.807, 2.05) is 13.8 Å². The maximum Gasteiger partial charge on any atom is 0.323 e. The van der Waals surface area contributed by atoms with Gasteiger partial charge in [-0.3, -0.25) is 4.79 Å². The molecular formula is C37H50N4O9S. The predicted octanol–water partition coefficient (Wildman–Crippen LogP) is 5.46. The van der Waals surface area contributed by atoms with Gasteiger partial charge < -0.3 is 39.6 Å². The number of aliphatic hydroxyl groups excluding tert-OH is 1. The molecule has 14 heteroatoms. The molecule has 51 heavy (non-hydrogen) atoms. The number of methoxy groups -OCH3 is 2. The summed E-state index contributed by atoms with van der Waals surface area (Å²) in [5.74, 6) is 0.786. The van der Waals surface area contributed by atoms with E-state index < -0.39 is 34.1 Å². The average molecular weight is 727 g/mol. The predicted molar refractivity (Wildman–Crippen MR) is 195 cm³/mol. The summed E-state index contributed by atoms with van der Waals surface area (Å²) in [7, 11) is 0.718. The highest BCUT2D eigenvalue weighted by molar-refractivity contribution is 7.89. The summed E-state index contributed by atoms with van der Waals surface area (Å²) < 4.78 is 51.3. The van der Waals surface area contributed by atoms with Gasteiger partial charge >= 0.3 is 6.03 Å². The number of aliphatic hydroxyl groups is 1. The van der Waals surface area contributed by atoms with Crippen LogP contribution < -0.4 is 24.8 Å². The van der Waals surface area contributed by atoms with Gasteiger partial charge in [0.2, 0.25) is 10.0 Å². The monoisotopic (exact) mass is 726 g/mol. The fourth-order valence-corrected chi connectivity index (χ4v) is 6.89. The molecule has 0 unspecified atom stereocenters. The van der Waals surface area contributed by atoms with Gasteiger partial charge in [-0.25, -0.2) is 13.2 Å². The number of hydrogen-bond donors (Lipinski definition) is 3. The number of rotatable bonds is 10. The van der Waals surface area contributed by atoms with E-state index in [0.29, 0.717) is 41.7 Å². The Labute approximate surface area is 300 Å². The van der Waals surface area contributed by atoms with Crippen molar-refractivity contribution in [2.45, 2.75) is 63.2 Å². The van der Waals surface area contributed by atoms with Gasteiger partial charge in [0.05, 0.1) is 49.5 Å². The topological polar surface area (TPSA) is 156 Å². The number of anilines is 2. The fraction of sp³-hybridized carbons (Fsp3) is 0.459. The van der Waals surface area contributed by atoms with Gasteiger partial charge in [-0.15, -0.1) is 0 Å². The number of ether oxygens (including phenoxy) is 4. The molecule has 0 aliphatic carbocycles. The van der Waals surface area contributed by atoms with Crippen LogP contribution in [0.4, 0.5) is 16.2 Å². The van der Waals surface area contributed by atoms with Crippen LogP contribution in [0.3, 0.4) is 0 Å². The lowest BCUT2D eigenvalue weighted by molar-refractivity contribution is -0.00834. The van der Waals surface area contributed by atoms with Crippen molar-refractivity contribution in [2.24, 2.45) is 5.92 Å². The number of urea groups is 1. The summed E-state index contributed by atoms with van der Waals surface area (Å²) in [6, 6.07) is 16.8. The molecule has 1 aliphatic rings. The molecule has 0 radical (unpaired) electrons. The molecule has 1 aliphatic heterocycles. The number of carbonyl (C=O) groups excluding carboxylic acids is 2. The number of nitrogens with one attached hydrogen (secondary N) is 2. The average Bonchev–Trinajstić information content (AvgIpc) is 3.12. The van der Waals surface area contributed by atoms with Crippen molar-refractivity contribution < 1.29 is 42.1 Å². The number of sulfonamides is 1. The minimum atomic E-state index is -3.86. The second-order valence-electron chi connectivity index (χ2n) is 12.8. The molecule has 0 saturated carbocycles. The lowest BCUT2D eigenvalue weighted by Crippen LogP contribution is -2.48. The maximum absolute atomic E-state index is 14.4. The zero-order chi connectivity index (χ0) is 37.1. The first kappa shape index (κ1) is 39.4. The zero-order valence-electron chi connectivity index (χ0n) is 30.1. The quantitative estimate of drug-likeness (QED) is 0.247. The third-order valence-electron chi connectivity index (χ3n) is 8.86. The molecule has 13 nitrogen and oxygen atoms in total. The lowest BCUT2D eigenvalue weighted by Gasteiger charge is -2.35. The van der Waals surface area contributed by atoms with Crippen molar-refractivity contribution in [3.05, 3.63) is 72.3 Å². The first-order valence-corrected chi connectivity index (χ1v) is 18.5. The van der Waals surface area contributed by atoms with Gasteiger partial charge in [-0.1, -0.05) is 6.92 Å². The highest BCUT2D eigenvalue weighted by Crippen LogP contribution is 2.29. The first-order chi connectivity index (χ1) is 24.4. The molecule has 278 valence electrons. The fourth-order valence-electron chi connectivity index (χ4n) is 5.71. The van der Waals surface area contributed by atoms with Crippen molar-refractivity contribution in [2.75, 3.05) is 58.2 Å². The number of benzene rings is 3. The van der Waals surface area contributed by atoms with E-state index in [1.54, 1.807) is 73.5 Å². The van der Waals surface area contributed by atoms with Crippen LogP contribution in [0.5, 0.6) is 17.2 Å². The molecule has 4 rings (SSSR count). The highest BCUT2D eigenvalue weighted by atomic mass is 32.2. The Balaban J connectivity index is 1.61. The van der Waals surface area contributed by atoms with Crippen LogP contribution in [0, 0.1) is 5.92 Å². The summed E-state index contributed by atoms with van der Waals surface area (Å²) in [5, 5.41) is 15.8. The van der Waals surface area contributed by atoms with Crippen LogP contribution in [0.25, 0.3) is 0 Å². The van der Waals surface area contributed by atoms with E-state index in [2.05, 4.69) is 10.6 Å². The maximum atomic E-state index is 14.4. The zero-order valence-corrected chi connectivity index (χ0v) is 30.9. The Bertz CT molecular complexity index is 1700. The van der Waals surface area contributed by atoms with Crippen molar-refractivity contribution in [1.29, 1.82) is 0 Å². The van der Waals surface area contributed by atoms with Crippen molar-refractivity contribution in [1.82, 2.24) is 9.21 Å². The van der Waals surface area contributed by atoms with Gasteiger partial charge in [0.25, 0.3) is 5.91 Å². The third-order valence-corrected chi connectivity index (χ3v) is 10.7. The standard InChI is InChI=1S/C37H50N4O9S/c1-25-22-41(26(2)24-42)36(43)33-21-29(39-37(44)38-28-10-13-30(47-5)14-11-28)12-19-34(33)50-27(3)9-7-8-20-49-35(25)23-40(4)51(45,46)32-17-15-31(48-6)16-18-32/h10-19,21,25-27,35,42H,7-9,20,22-24H2,1-6H3,(H2,38,39,44)/t25-,26-,27-,35+/m1/s1. The summed E-state index contributed by atoms with van der Waals surface area (Å²) in [6.07, 6.45) is 1.38. The molecule has 0 saturated heterocycles. The SMILES string of the molecule is COc1ccc(NC(=O)Nc2ccc3c(c2)C(=O)N([C@H](C)CO)C[C@@H](C)[C@H](CN(C)S(=O)(=O)c2ccc(OC)cc2)OCCCC[C@@H](C)O3)cc1. The van der Waals surface area contributed by atoms with E-state index in [0.717, 1.165) is 12.8 Å². The Kier molecular flexibility index (Phi) is 14.1. The molecule has 0 spiro atoms. The molecule has 0 bridgehead atoms. The molecule has 3 amide bonds. The second kappa shape index (κ2) is 18.2. The van der Waals surface area contributed by atoms with Crippen LogP contribution in [0.1, 0.15) is 50.4 Å². The van der Waals surface area contributed by atoms with Gasteiger partial charge in [-0.2, -0.15) is 4.31 Å². The van der Waals surface area contributed by atoms with E-state index in [9.17, 15) is 23.1 Å². The minimum absolute atomic E-state index is 0.0402. The number of nitrogens with zero attached hydrogens (tertiary/aromatic N) is 2. The van der Waals surface area contributed by atoms with E-state index in [1.165, 1.54) is 30.6 Å². The number of hydrogen-bond acceptors (Lipinski definition) is 9. The molecule has 0 aromatic heterocycles. The van der Waals surface area contributed by atoms with Gasteiger partial charge in [0.15, 0.2) is 0 Å². The normalized spacial score (nSPS) is 19.6. The molecule has 3 aromatic rings. The molecule has 4 atom stereocenters. The van der Waals surface area contributed by atoms with Crippen molar-refractivity contribution in [3.8, 4) is 17.2 Å². The number of amides is 3. The largest absolute Gasteiger partial charge is 0.497 e. The Morgan fingerprint density at radius 3 is 2.22 bits per heavy atom. The summed E-state index contributed by atoms with van der Waals surface area (Å²) in [5.41, 5.74) is 1.13. The molecule has 3 N–H and O–H groups in total. The molecule has 3 aromatic carbocycles. The highest BCUT2D eigenvalue weighted by Gasteiger charge is 2.32. The van der Waals surface area contributed by atoms with Crippen LogP contribution >= 0.6 is 0 Å². The second-order valence-corrected chi connectivity index (χ2v) is 14.8. The molecule has 0 fully saturated rings. The van der Waals surface area contributed by atoms with Crippen molar-refractivity contribution >= 4 is 33.3 Å². The van der Waals surface area contributed by atoms with Crippen molar-refractivity contribution in [3.63, 3.8) is 0 Å². The number of likely N-dealkylation sites (N-methyl/N-ethyl adjacent to an activating group) is 1. The smallest absolute Gasteiger partial charge is 0.323 e. The van der Waals surface area contributed by atoms with Gasteiger partial charge in [0, 0.05) is 44.0 Å². The van der Waals surface area contributed by atoms with Crippen LogP contribution in [0.15, 0.2) is 71.6 Å². The van der Waals surface area contributed by atoms with E-state index in [-0.39, 0.29) is 42.2 Å². The van der Waals surface area contributed by atoms with Crippen LogP contribution in [-0.2, 0) is 14.8 Å². The molecular weight excluding hydrogens is 676 g/mol. The number of fused-ring (bicyclic) bond motifs is 1. The first-order valence-electron chi connectivity index (χ1n) is 17.0. The van der Waals surface area contributed by atoms with E-state index >= 15 is 0 Å². The summed E-state index contributed by atoms with van der Waals surface area (Å²) in [6.45, 7) is 5.82. The Morgan fingerprint density at radius 1 is 0.980 bits per heavy atom. The third kappa shape index (κ3) is 10.6. The Hall–Kier alpha value is -4.37. The van der Waals surface area contributed by atoms with Gasteiger partial charge in [0.1, 0.15) is 17.2 Å².